The highest BCUT2D eigenvalue weighted by atomic mass is 16.3. The largest absolute Gasteiger partial charge is 0.456 e. The first kappa shape index (κ1) is 59.1. The average molecular weight is 1340 g/mol. The molecule has 0 fully saturated rings. The number of nitrogens with zero attached hydrogens (tertiary/aromatic N) is 2. The Morgan fingerprint density at radius 3 is 0.769 bits per heavy atom. The predicted molar refractivity (Wildman–Crippen MR) is 433 cm³/mol. The van der Waals surface area contributed by atoms with Gasteiger partial charge in [-0.15, -0.1) is 0 Å². The highest BCUT2D eigenvalue weighted by Gasteiger charge is 2.71. The van der Waals surface area contributed by atoms with Crippen LogP contribution in [0.1, 0.15) is 63.8 Å². The molecule has 0 spiro atoms. The second-order valence-corrected chi connectivity index (χ2v) is 30.9. The van der Waals surface area contributed by atoms with Crippen molar-refractivity contribution in [1.82, 2.24) is 0 Å². The van der Waals surface area contributed by atoms with Crippen molar-refractivity contribution >= 4 is 165 Å². The summed E-state index contributed by atoms with van der Waals surface area (Å²) in [4.78, 5) is 5.08. The Bertz CT molecular complexity index is 6470. The Morgan fingerprint density at radius 1 is 0.212 bits per heavy atom. The Balaban J connectivity index is 0.918. The van der Waals surface area contributed by atoms with E-state index < -0.39 is 21.7 Å². The molecule has 22 rings (SSSR count). The van der Waals surface area contributed by atoms with Crippen molar-refractivity contribution in [1.29, 1.82) is 0 Å². The maximum atomic E-state index is 6.66. The molecule has 2 aliphatic rings. The molecular weight excluding hydrogens is 1270 g/mol. The van der Waals surface area contributed by atoms with Crippen molar-refractivity contribution in [3.63, 3.8) is 0 Å². The van der Waals surface area contributed by atoms with Gasteiger partial charge in [0.25, 0.3) is 0 Å². The molecule has 0 saturated carbocycles. The minimum Gasteiger partial charge on any atom is -0.456 e. The molecule has 104 heavy (non-hydrogen) atoms. The molecule has 2 atom stereocenters. The molecule has 2 unspecified atom stereocenters. The highest BCUT2D eigenvalue weighted by molar-refractivity contribution is 6.21. The number of hydrogen-bond donors (Lipinski definition) is 0. The van der Waals surface area contributed by atoms with Crippen molar-refractivity contribution in [2.45, 2.75) is 52.4 Å². The van der Waals surface area contributed by atoms with Crippen molar-refractivity contribution in [2.75, 3.05) is 9.80 Å². The number of fused-ring (bicyclic) bond motifs is 26. The van der Waals surface area contributed by atoms with Crippen LogP contribution in [0.5, 0.6) is 0 Å². The van der Waals surface area contributed by atoms with Gasteiger partial charge in [-0.05, 0) is 197 Å². The van der Waals surface area contributed by atoms with E-state index in [9.17, 15) is 0 Å². The summed E-state index contributed by atoms with van der Waals surface area (Å²) in [6, 6.07) is 113. The number of furan rings is 4. The van der Waals surface area contributed by atoms with Crippen molar-refractivity contribution in [2.24, 2.45) is 10.8 Å². The summed E-state index contributed by atoms with van der Waals surface area (Å²) in [6.07, 6.45) is 0. The first-order valence-corrected chi connectivity index (χ1v) is 36.3. The smallest absolute Gasteiger partial charge is 0.135 e. The third-order valence-electron chi connectivity index (χ3n) is 23.8. The molecular formula is C98H68N2O4. The second-order valence-electron chi connectivity index (χ2n) is 30.9. The third-order valence-corrected chi connectivity index (χ3v) is 23.8. The van der Waals surface area contributed by atoms with E-state index in [1.54, 1.807) is 0 Å². The van der Waals surface area contributed by atoms with Crippen LogP contribution in [0.3, 0.4) is 0 Å². The molecule has 0 aliphatic heterocycles. The number of rotatable bonds is 7. The lowest BCUT2D eigenvalue weighted by Crippen LogP contribution is -2.62. The van der Waals surface area contributed by atoms with Crippen LogP contribution in [0.2, 0.25) is 0 Å². The lowest BCUT2D eigenvalue weighted by atomic mass is 9.39. The van der Waals surface area contributed by atoms with E-state index in [1.807, 2.05) is 0 Å². The second kappa shape index (κ2) is 21.0. The molecule has 0 saturated heterocycles. The SMILES string of the molecule is CC(C)(C)C1(C2(C(C)(C)C)c3ccc4ccccc4c3-c3c2cc(N(c2ccc4oc5ccccc5c4c2)c2ccc4oc5ccccc5c4c2)c2ccccc32)c2ccc3ccccc3c2-c2c1cc(N(c1ccc3oc4ccccc4c3c1)c1ccc3oc4ccccc4c3c1)c1ccccc21. The van der Waals surface area contributed by atoms with Crippen molar-refractivity contribution in [3.8, 4) is 22.3 Å². The average Bonchev–Trinajstić information content (AvgIpc) is 1.45. The lowest BCUT2D eigenvalue weighted by Gasteiger charge is -2.62. The molecule has 4 heterocycles. The molecule has 6 heteroatoms. The van der Waals surface area contributed by atoms with E-state index in [1.165, 1.54) is 76.8 Å². The first-order valence-electron chi connectivity index (χ1n) is 36.3. The van der Waals surface area contributed by atoms with E-state index in [0.717, 1.165) is 133 Å². The number of anilines is 6. The zero-order valence-electron chi connectivity index (χ0n) is 58.4. The van der Waals surface area contributed by atoms with Crippen LogP contribution in [0.4, 0.5) is 34.1 Å². The van der Waals surface area contributed by atoms with Gasteiger partial charge in [0.2, 0.25) is 0 Å². The van der Waals surface area contributed by atoms with E-state index in [-0.39, 0.29) is 0 Å². The molecule has 0 amide bonds. The predicted octanol–water partition coefficient (Wildman–Crippen LogP) is 28.2. The van der Waals surface area contributed by atoms with Gasteiger partial charge in [-0.3, -0.25) is 0 Å². The Hall–Kier alpha value is -12.6. The van der Waals surface area contributed by atoms with E-state index in [2.05, 4.69) is 355 Å². The van der Waals surface area contributed by atoms with Crippen molar-refractivity contribution < 1.29 is 17.7 Å². The summed E-state index contributed by atoms with van der Waals surface area (Å²) < 4.78 is 26.6. The molecule has 0 N–H and O–H groups in total. The number of para-hydroxylation sites is 4. The molecule has 4 aromatic heterocycles. The fourth-order valence-corrected chi connectivity index (χ4v) is 20.0. The fourth-order valence-electron chi connectivity index (χ4n) is 20.0. The normalized spacial score (nSPS) is 15.9. The maximum absolute atomic E-state index is 6.66. The van der Waals surface area contributed by atoms with Crippen LogP contribution in [0, 0.1) is 10.8 Å². The topological polar surface area (TPSA) is 59.0 Å². The van der Waals surface area contributed by atoms with E-state index in [0.29, 0.717) is 0 Å². The van der Waals surface area contributed by atoms with Gasteiger partial charge < -0.3 is 27.5 Å². The zero-order valence-corrected chi connectivity index (χ0v) is 58.4. The summed E-state index contributed by atoms with van der Waals surface area (Å²) in [5.74, 6) is 0. The quantitative estimate of drug-likeness (QED) is 0.158. The number of benzene rings is 16. The highest BCUT2D eigenvalue weighted by Crippen LogP contribution is 2.77. The Labute approximate surface area is 599 Å². The summed E-state index contributed by atoms with van der Waals surface area (Å²) in [6.45, 7) is 15.3. The molecule has 494 valence electrons. The van der Waals surface area contributed by atoms with Crippen LogP contribution < -0.4 is 9.80 Å². The van der Waals surface area contributed by atoms with Crippen LogP contribution in [0.15, 0.2) is 321 Å². The minimum absolute atomic E-state index is 0.576. The molecule has 20 aromatic rings. The molecule has 16 aromatic carbocycles. The van der Waals surface area contributed by atoms with Gasteiger partial charge in [0.15, 0.2) is 0 Å². The van der Waals surface area contributed by atoms with Crippen LogP contribution in [-0.4, -0.2) is 0 Å². The van der Waals surface area contributed by atoms with Crippen LogP contribution in [-0.2, 0) is 10.8 Å². The van der Waals surface area contributed by atoms with Gasteiger partial charge in [0.05, 0.1) is 11.4 Å². The fraction of sp³-hybridized carbons (Fsp3) is 0.102. The maximum Gasteiger partial charge on any atom is 0.135 e. The summed E-state index contributed by atoms with van der Waals surface area (Å²) >= 11 is 0. The molecule has 0 radical (unpaired) electrons. The van der Waals surface area contributed by atoms with Crippen LogP contribution >= 0.6 is 0 Å². The van der Waals surface area contributed by atoms with Gasteiger partial charge in [0, 0.05) is 87.4 Å². The van der Waals surface area contributed by atoms with Gasteiger partial charge >= 0.3 is 0 Å². The van der Waals surface area contributed by atoms with E-state index >= 15 is 0 Å². The Morgan fingerprint density at radius 2 is 0.462 bits per heavy atom. The Kier molecular flexibility index (Phi) is 11.9. The number of hydrogen-bond acceptors (Lipinski definition) is 6. The summed E-state index contributed by atoms with van der Waals surface area (Å²) in [7, 11) is 0. The molecule has 0 bridgehead atoms. The molecule has 2 aliphatic carbocycles. The van der Waals surface area contributed by atoms with Gasteiger partial charge in [0.1, 0.15) is 44.7 Å². The summed E-state index contributed by atoms with van der Waals surface area (Å²) in [5.41, 5.74) is 20.3. The van der Waals surface area contributed by atoms with Crippen molar-refractivity contribution in [3.05, 3.63) is 326 Å². The van der Waals surface area contributed by atoms with Gasteiger partial charge in [-0.25, -0.2) is 0 Å². The van der Waals surface area contributed by atoms with E-state index in [4.69, 9.17) is 17.7 Å². The molecule has 6 nitrogen and oxygen atoms in total. The monoisotopic (exact) mass is 1340 g/mol. The first-order chi connectivity index (χ1) is 50.8. The summed E-state index contributed by atoms with van der Waals surface area (Å²) in [5, 5.41) is 18.0. The lowest BCUT2D eigenvalue weighted by molar-refractivity contribution is 0.0596. The standard InChI is InChI=1S/C98H68N2O4/c1-95(2,3)97(77-45-39-57-23-7-9-25-63(57)91(77)93-71-33-13-11-27-65(71)81(55-79(93)97)99(59-41-47-87-73(51-59)67-29-15-19-35-83(67)101-87)60-42-48-88-74(52-60)68-30-16-20-36-84(68)102-88)98(96(4,5)6)78-46-40-58-24-8-10-26-64(58)92(78)94-72-34-14-12-28-66(72)82(56-80(94)98)100(61-43-49-89-75(53-61)69-31-17-21-37-85(69)103-89)62-44-50-90-76(54-62)70-32-18-22-38-86(70)104-90/h7-56H,1-6H3. The minimum atomic E-state index is -0.900. The van der Waals surface area contributed by atoms with Gasteiger partial charge in [-0.1, -0.05) is 236 Å². The van der Waals surface area contributed by atoms with Crippen LogP contribution in [0.25, 0.3) is 153 Å². The zero-order chi connectivity index (χ0) is 69.3. The third kappa shape index (κ3) is 7.73. The van der Waals surface area contributed by atoms with Gasteiger partial charge in [-0.2, -0.15) is 0 Å².